The second-order valence-corrected chi connectivity index (χ2v) is 5.27. The number of amides is 2. The summed E-state index contributed by atoms with van der Waals surface area (Å²) in [6, 6.07) is 10.1. The van der Waals surface area contributed by atoms with Gasteiger partial charge in [0.05, 0.1) is 22.6 Å². The zero-order chi connectivity index (χ0) is 19.1. The zero-order valence-electron chi connectivity index (χ0n) is 13.5. The second kappa shape index (κ2) is 8.67. The number of nitrogens with zero attached hydrogens (tertiary/aromatic N) is 1. The topological polar surface area (TPSA) is 120 Å². The Bertz CT molecular complexity index is 842. The van der Waals surface area contributed by atoms with Gasteiger partial charge in [0.1, 0.15) is 0 Å². The summed E-state index contributed by atoms with van der Waals surface area (Å²) in [6.45, 7) is -0.366. The molecule has 0 heterocycles. The number of nitro benzene ring substituents is 1. The van der Waals surface area contributed by atoms with Crippen LogP contribution in [-0.2, 0) is 4.79 Å². The van der Waals surface area contributed by atoms with Gasteiger partial charge in [-0.05, 0) is 18.2 Å². The molecule has 9 nitrogen and oxygen atoms in total. The standard InChI is InChI=1S/C16H14ClN3O6/c1-25-13-4-2-3-5-14(13)26-9-15(21)18-19-16(22)11-7-6-10(20(23)24)8-12(11)17/h2-8H,9H2,1H3,(H,18,21)(H,19,22). The molecular formula is C16H14ClN3O6. The third-order valence-corrected chi connectivity index (χ3v) is 3.46. The van der Waals surface area contributed by atoms with Crippen molar-refractivity contribution in [1.29, 1.82) is 0 Å². The summed E-state index contributed by atoms with van der Waals surface area (Å²) in [6.07, 6.45) is 0. The van der Waals surface area contributed by atoms with E-state index in [9.17, 15) is 19.7 Å². The number of nitro groups is 1. The molecule has 2 N–H and O–H groups in total. The van der Waals surface area contributed by atoms with Crippen LogP contribution < -0.4 is 20.3 Å². The van der Waals surface area contributed by atoms with E-state index < -0.39 is 16.7 Å². The van der Waals surface area contributed by atoms with Gasteiger partial charge in [-0.2, -0.15) is 0 Å². The number of benzene rings is 2. The van der Waals surface area contributed by atoms with E-state index in [0.29, 0.717) is 11.5 Å². The van der Waals surface area contributed by atoms with Crippen molar-refractivity contribution in [2.24, 2.45) is 0 Å². The molecule has 0 aliphatic carbocycles. The molecule has 0 radical (unpaired) electrons. The first-order valence-electron chi connectivity index (χ1n) is 7.21. The van der Waals surface area contributed by atoms with Crippen LogP contribution in [0.1, 0.15) is 10.4 Å². The number of ether oxygens (including phenoxy) is 2. The Morgan fingerprint density at radius 1 is 1.15 bits per heavy atom. The van der Waals surface area contributed by atoms with Gasteiger partial charge in [-0.15, -0.1) is 0 Å². The van der Waals surface area contributed by atoms with Crippen molar-refractivity contribution < 1.29 is 24.0 Å². The molecule has 136 valence electrons. The van der Waals surface area contributed by atoms with Crippen molar-refractivity contribution in [2.45, 2.75) is 0 Å². The molecular weight excluding hydrogens is 366 g/mol. The normalized spacial score (nSPS) is 9.92. The van der Waals surface area contributed by atoms with Crippen molar-refractivity contribution in [1.82, 2.24) is 10.9 Å². The first kappa shape index (κ1) is 19.0. The van der Waals surface area contributed by atoms with Crippen LogP contribution in [0.2, 0.25) is 5.02 Å². The van der Waals surface area contributed by atoms with Crippen molar-refractivity contribution >= 4 is 29.1 Å². The number of methoxy groups -OCH3 is 1. The molecule has 0 unspecified atom stereocenters. The first-order valence-corrected chi connectivity index (χ1v) is 7.59. The number of non-ortho nitro benzene ring substituents is 1. The summed E-state index contributed by atoms with van der Waals surface area (Å²) in [5.74, 6) is -0.519. The van der Waals surface area contributed by atoms with Crippen LogP contribution >= 0.6 is 11.6 Å². The quantitative estimate of drug-likeness (QED) is 0.585. The molecule has 0 aliphatic rings. The summed E-state index contributed by atoms with van der Waals surface area (Å²) in [5.41, 5.74) is 4.03. The summed E-state index contributed by atoms with van der Waals surface area (Å²) in [5, 5.41) is 10.5. The Morgan fingerprint density at radius 3 is 2.46 bits per heavy atom. The molecule has 0 saturated carbocycles. The zero-order valence-corrected chi connectivity index (χ0v) is 14.3. The predicted molar refractivity (Wildman–Crippen MR) is 92.2 cm³/mol. The number of carbonyl (C=O) groups is 2. The molecule has 0 fully saturated rings. The first-order chi connectivity index (χ1) is 12.4. The van der Waals surface area contributed by atoms with Gasteiger partial charge in [0, 0.05) is 12.1 Å². The third kappa shape index (κ3) is 4.84. The van der Waals surface area contributed by atoms with E-state index in [4.69, 9.17) is 21.1 Å². The van der Waals surface area contributed by atoms with Crippen LogP contribution in [0.4, 0.5) is 5.69 Å². The number of rotatable bonds is 6. The smallest absolute Gasteiger partial charge is 0.276 e. The van der Waals surface area contributed by atoms with Crippen molar-refractivity contribution in [3.63, 3.8) is 0 Å². The van der Waals surface area contributed by atoms with Gasteiger partial charge in [-0.3, -0.25) is 30.6 Å². The largest absolute Gasteiger partial charge is 0.493 e. The minimum absolute atomic E-state index is 0.0248. The maximum Gasteiger partial charge on any atom is 0.276 e. The summed E-state index contributed by atoms with van der Waals surface area (Å²) in [4.78, 5) is 33.8. The van der Waals surface area contributed by atoms with E-state index in [1.54, 1.807) is 24.3 Å². The molecule has 0 atom stereocenters. The van der Waals surface area contributed by atoms with Crippen LogP contribution in [0.15, 0.2) is 42.5 Å². The fourth-order valence-electron chi connectivity index (χ4n) is 1.91. The molecule has 0 saturated heterocycles. The monoisotopic (exact) mass is 379 g/mol. The number of hydrazine groups is 1. The van der Waals surface area contributed by atoms with E-state index in [0.717, 1.165) is 12.1 Å². The molecule has 2 amide bonds. The van der Waals surface area contributed by atoms with Gasteiger partial charge in [0.25, 0.3) is 17.5 Å². The van der Waals surface area contributed by atoms with Crippen molar-refractivity contribution in [2.75, 3.05) is 13.7 Å². The summed E-state index contributed by atoms with van der Waals surface area (Å²) >= 11 is 5.84. The van der Waals surface area contributed by atoms with Crippen LogP contribution in [0.3, 0.4) is 0 Å². The summed E-state index contributed by atoms with van der Waals surface area (Å²) in [7, 11) is 1.47. The Kier molecular flexibility index (Phi) is 6.34. The second-order valence-electron chi connectivity index (χ2n) is 4.86. The van der Waals surface area contributed by atoms with Gasteiger partial charge < -0.3 is 9.47 Å². The van der Waals surface area contributed by atoms with E-state index in [2.05, 4.69) is 10.9 Å². The molecule has 2 aromatic rings. The molecule has 2 aromatic carbocycles. The molecule has 0 aromatic heterocycles. The Hall–Kier alpha value is -3.33. The highest BCUT2D eigenvalue weighted by molar-refractivity contribution is 6.34. The number of nitrogens with one attached hydrogen (secondary N) is 2. The number of hydrogen-bond acceptors (Lipinski definition) is 6. The molecule has 2 rings (SSSR count). The molecule has 0 bridgehead atoms. The Balaban J connectivity index is 1.89. The van der Waals surface area contributed by atoms with Gasteiger partial charge in [-0.25, -0.2) is 0 Å². The third-order valence-electron chi connectivity index (χ3n) is 3.15. The molecule has 26 heavy (non-hydrogen) atoms. The lowest BCUT2D eigenvalue weighted by atomic mass is 10.2. The number of carbonyl (C=O) groups excluding carboxylic acids is 2. The highest BCUT2D eigenvalue weighted by Crippen LogP contribution is 2.25. The lowest BCUT2D eigenvalue weighted by Crippen LogP contribution is -2.43. The molecule has 10 heteroatoms. The van der Waals surface area contributed by atoms with E-state index in [1.165, 1.54) is 13.2 Å². The van der Waals surface area contributed by atoms with Gasteiger partial charge in [-0.1, -0.05) is 23.7 Å². The van der Waals surface area contributed by atoms with E-state index >= 15 is 0 Å². The SMILES string of the molecule is COc1ccccc1OCC(=O)NNC(=O)c1ccc([N+](=O)[O-])cc1Cl. The van der Waals surface area contributed by atoms with Crippen LogP contribution in [0.25, 0.3) is 0 Å². The van der Waals surface area contributed by atoms with E-state index in [-0.39, 0.29) is 22.9 Å². The maximum absolute atomic E-state index is 12.0. The number of hydrogen-bond donors (Lipinski definition) is 2. The lowest BCUT2D eigenvalue weighted by Gasteiger charge is -2.11. The Labute approximate surface area is 153 Å². The van der Waals surface area contributed by atoms with E-state index in [1.807, 2.05) is 0 Å². The van der Waals surface area contributed by atoms with Crippen LogP contribution in [0.5, 0.6) is 11.5 Å². The fraction of sp³-hybridized carbons (Fsp3) is 0.125. The number of para-hydroxylation sites is 2. The Morgan fingerprint density at radius 2 is 1.85 bits per heavy atom. The van der Waals surface area contributed by atoms with Gasteiger partial charge in [0.2, 0.25) is 0 Å². The highest BCUT2D eigenvalue weighted by Gasteiger charge is 2.15. The van der Waals surface area contributed by atoms with Crippen molar-refractivity contribution in [3.8, 4) is 11.5 Å². The summed E-state index contributed by atoms with van der Waals surface area (Å²) < 4.78 is 10.4. The van der Waals surface area contributed by atoms with Crippen LogP contribution in [0, 0.1) is 10.1 Å². The fourth-order valence-corrected chi connectivity index (χ4v) is 2.17. The lowest BCUT2D eigenvalue weighted by molar-refractivity contribution is -0.384. The highest BCUT2D eigenvalue weighted by atomic mass is 35.5. The van der Waals surface area contributed by atoms with Crippen molar-refractivity contribution in [3.05, 3.63) is 63.2 Å². The average Bonchev–Trinajstić information content (AvgIpc) is 2.64. The maximum atomic E-state index is 12.0. The van der Waals surface area contributed by atoms with Crippen LogP contribution in [-0.4, -0.2) is 30.5 Å². The molecule has 0 spiro atoms. The van der Waals surface area contributed by atoms with Gasteiger partial charge in [0.15, 0.2) is 18.1 Å². The minimum Gasteiger partial charge on any atom is -0.493 e. The predicted octanol–water partition coefficient (Wildman–Crippen LogP) is 2.10. The van der Waals surface area contributed by atoms with Gasteiger partial charge >= 0.3 is 0 Å². The molecule has 0 aliphatic heterocycles. The minimum atomic E-state index is -0.726. The number of halogens is 1. The average molecular weight is 380 g/mol.